The predicted octanol–water partition coefficient (Wildman–Crippen LogP) is 3.13. The molecule has 0 spiro atoms. The largest absolute Gasteiger partial charge is 0.449 e. The van der Waals surface area contributed by atoms with Crippen molar-refractivity contribution in [2.45, 2.75) is 45.2 Å². The van der Waals surface area contributed by atoms with Crippen LogP contribution in [0.4, 0.5) is 5.69 Å². The summed E-state index contributed by atoms with van der Waals surface area (Å²) in [5.74, 6) is 0.717. The van der Waals surface area contributed by atoms with E-state index in [-0.39, 0.29) is 5.56 Å². The van der Waals surface area contributed by atoms with Gasteiger partial charge in [-0.05, 0) is 31.0 Å². The van der Waals surface area contributed by atoms with E-state index < -0.39 is 0 Å². The summed E-state index contributed by atoms with van der Waals surface area (Å²) in [5.41, 5.74) is 3.02. The van der Waals surface area contributed by atoms with Gasteiger partial charge in [-0.3, -0.25) is 14.3 Å². The lowest BCUT2D eigenvalue weighted by molar-refractivity contribution is 0.247. The van der Waals surface area contributed by atoms with Gasteiger partial charge in [-0.25, -0.2) is 9.97 Å². The molecule has 3 heterocycles. The van der Waals surface area contributed by atoms with Crippen molar-refractivity contribution in [1.82, 2.24) is 19.4 Å². The molecular weight excluding hydrogens is 366 g/mol. The molecule has 1 aliphatic heterocycles. The minimum atomic E-state index is 0.0983. The SMILES string of the molecule is Cc1nc(CN2CCN(c3ccc4c(=O)n(C5CCCC5)cnc4c3)CC2)co1. The van der Waals surface area contributed by atoms with Crippen LogP contribution in [0, 0.1) is 6.92 Å². The number of nitrogens with zero attached hydrogens (tertiary/aromatic N) is 5. The number of aryl methyl sites for hydroxylation is 1. The minimum absolute atomic E-state index is 0.0983. The molecule has 7 nitrogen and oxygen atoms in total. The number of rotatable bonds is 4. The van der Waals surface area contributed by atoms with Crippen molar-refractivity contribution >= 4 is 16.6 Å². The molecule has 0 unspecified atom stereocenters. The Hall–Kier alpha value is -2.67. The maximum atomic E-state index is 12.9. The minimum Gasteiger partial charge on any atom is -0.449 e. The second-order valence-electron chi connectivity index (χ2n) is 8.22. The lowest BCUT2D eigenvalue weighted by Crippen LogP contribution is -2.46. The number of hydrogen-bond acceptors (Lipinski definition) is 6. The molecule has 0 bridgehead atoms. The second-order valence-corrected chi connectivity index (χ2v) is 8.22. The molecule has 2 aliphatic rings. The number of oxazole rings is 1. The van der Waals surface area contributed by atoms with Crippen LogP contribution >= 0.6 is 0 Å². The van der Waals surface area contributed by atoms with Crippen molar-refractivity contribution in [3.63, 3.8) is 0 Å². The predicted molar refractivity (Wildman–Crippen MR) is 112 cm³/mol. The molecule has 1 aliphatic carbocycles. The van der Waals surface area contributed by atoms with Crippen LogP contribution in [0.25, 0.3) is 10.9 Å². The lowest BCUT2D eigenvalue weighted by Gasteiger charge is -2.35. The van der Waals surface area contributed by atoms with Crippen LogP contribution in [0.5, 0.6) is 0 Å². The van der Waals surface area contributed by atoms with Gasteiger partial charge in [0.1, 0.15) is 6.26 Å². The van der Waals surface area contributed by atoms with Crippen LogP contribution in [0.3, 0.4) is 0 Å². The van der Waals surface area contributed by atoms with Gasteiger partial charge in [0.15, 0.2) is 5.89 Å². The lowest BCUT2D eigenvalue weighted by atomic mass is 10.1. The summed E-state index contributed by atoms with van der Waals surface area (Å²) < 4.78 is 7.15. The highest BCUT2D eigenvalue weighted by atomic mass is 16.3. The molecule has 5 rings (SSSR count). The average Bonchev–Trinajstić information content (AvgIpc) is 3.41. The number of hydrogen-bond donors (Lipinski definition) is 0. The van der Waals surface area contributed by atoms with E-state index in [0.717, 1.165) is 67.8 Å². The standard InChI is InChI=1S/C22H27N5O2/c1-16-24-17(14-29-16)13-25-8-10-26(11-9-25)19-6-7-20-21(12-19)23-15-27(22(20)28)18-4-2-3-5-18/h6-7,12,14-15,18H,2-5,8-11,13H2,1H3. The van der Waals surface area contributed by atoms with Gasteiger partial charge < -0.3 is 9.32 Å². The van der Waals surface area contributed by atoms with E-state index in [2.05, 4.69) is 31.9 Å². The third-order valence-corrected chi connectivity index (χ3v) is 6.28. The molecule has 7 heteroatoms. The summed E-state index contributed by atoms with van der Waals surface area (Å²) in [4.78, 5) is 26.7. The molecule has 0 radical (unpaired) electrons. The number of anilines is 1. The molecule has 2 fully saturated rings. The zero-order valence-corrected chi connectivity index (χ0v) is 16.9. The fourth-order valence-electron chi connectivity index (χ4n) is 4.64. The molecule has 0 amide bonds. The maximum Gasteiger partial charge on any atom is 0.261 e. The summed E-state index contributed by atoms with van der Waals surface area (Å²) in [6, 6.07) is 6.41. The first kappa shape index (κ1) is 18.4. The summed E-state index contributed by atoms with van der Waals surface area (Å²) in [6.07, 6.45) is 8.08. The van der Waals surface area contributed by atoms with E-state index in [0.29, 0.717) is 11.9 Å². The van der Waals surface area contributed by atoms with E-state index in [1.54, 1.807) is 12.6 Å². The Balaban J connectivity index is 1.29. The van der Waals surface area contributed by atoms with Crippen molar-refractivity contribution < 1.29 is 4.42 Å². The van der Waals surface area contributed by atoms with E-state index in [9.17, 15) is 4.79 Å². The van der Waals surface area contributed by atoms with Crippen LogP contribution in [-0.2, 0) is 6.54 Å². The summed E-state index contributed by atoms with van der Waals surface area (Å²) >= 11 is 0. The van der Waals surface area contributed by atoms with Crippen molar-refractivity contribution in [1.29, 1.82) is 0 Å². The summed E-state index contributed by atoms with van der Waals surface area (Å²) in [5, 5.41) is 0.725. The highest BCUT2D eigenvalue weighted by Gasteiger charge is 2.21. The first-order valence-electron chi connectivity index (χ1n) is 10.6. The van der Waals surface area contributed by atoms with Gasteiger partial charge in [0, 0.05) is 51.4 Å². The highest BCUT2D eigenvalue weighted by Crippen LogP contribution is 2.28. The fraction of sp³-hybridized carbons (Fsp3) is 0.500. The van der Waals surface area contributed by atoms with E-state index in [1.165, 1.54) is 12.8 Å². The fourth-order valence-corrected chi connectivity index (χ4v) is 4.64. The van der Waals surface area contributed by atoms with Crippen molar-refractivity contribution in [3.05, 3.63) is 52.7 Å². The zero-order chi connectivity index (χ0) is 19.8. The Labute approximate surface area is 170 Å². The highest BCUT2D eigenvalue weighted by molar-refractivity contribution is 5.81. The van der Waals surface area contributed by atoms with Gasteiger partial charge in [-0.1, -0.05) is 12.8 Å². The molecule has 3 aromatic rings. The quantitative estimate of drug-likeness (QED) is 0.678. The molecule has 0 atom stereocenters. The monoisotopic (exact) mass is 393 g/mol. The summed E-state index contributed by atoms with van der Waals surface area (Å²) in [7, 11) is 0. The third-order valence-electron chi connectivity index (χ3n) is 6.28. The van der Waals surface area contributed by atoms with Gasteiger partial charge >= 0.3 is 0 Å². The molecule has 0 N–H and O–H groups in total. The van der Waals surface area contributed by atoms with Gasteiger partial charge in [0.25, 0.3) is 5.56 Å². The van der Waals surface area contributed by atoms with Gasteiger partial charge in [-0.2, -0.15) is 0 Å². The van der Waals surface area contributed by atoms with Gasteiger partial charge in [-0.15, -0.1) is 0 Å². The zero-order valence-electron chi connectivity index (χ0n) is 16.9. The first-order chi connectivity index (χ1) is 14.2. The molecule has 152 valence electrons. The van der Waals surface area contributed by atoms with Crippen LogP contribution in [0.1, 0.15) is 43.3 Å². The third kappa shape index (κ3) is 3.67. The average molecular weight is 393 g/mol. The normalized spacial score (nSPS) is 18.7. The van der Waals surface area contributed by atoms with Gasteiger partial charge in [0.2, 0.25) is 0 Å². The Bertz CT molecular complexity index is 1060. The van der Waals surface area contributed by atoms with Crippen LogP contribution in [0.15, 0.2) is 40.0 Å². The molecule has 1 aromatic carbocycles. The Morgan fingerprint density at radius 1 is 1.14 bits per heavy atom. The number of benzene rings is 1. The molecule has 1 saturated carbocycles. The topological polar surface area (TPSA) is 67.4 Å². The van der Waals surface area contributed by atoms with E-state index in [1.807, 2.05) is 17.6 Å². The Morgan fingerprint density at radius 2 is 1.93 bits per heavy atom. The van der Waals surface area contributed by atoms with Crippen LogP contribution in [-0.4, -0.2) is 45.6 Å². The van der Waals surface area contributed by atoms with E-state index in [4.69, 9.17) is 4.42 Å². The number of fused-ring (bicyclic) bond motifs is 1. The number of aromatic nitrogens is 3. The Morgan fingerprint density at radius 3 is 2.66 bits per heavy atom. The Kier molecular flexibility index (Phi) is 4.83. The number of piperazine rings is 1. The van der Waals surface area contributed by atoms with Gasteiger partial charge in [0.05, 0.1) is 22.9 Å². The maximum absolute atomic E-state index is 12.9. The van der Waals surface area contributed by atoms with Crippen LogP contribution in [0.2, 0.25) is 0 Å². The summed E-state index contributed by atoms with van der Waals surface area (Å²) in [6.45, 7) is 6.53. The molecule has 2 aromatic heterocycles. The second kappa shape index (κ2) is 7.63. The molecular formula is C22H27N5O2. The van der Waals surface area contributed by atoms with Crippen LogP contribution < -0.4 is 10.5 Å². The molecule has 1 saturated heterocycles. The smallest absolute Gasteiger partial charge is 0.261 e. The van der Waals surface area contributed by atoms with E-state index >= 15 is 0 Å². The van der Waals surface area contributed by atoms with Crippen molar-refractivity contribution in [3.8, 4) is 0 Å². The first-order valence-corrected chi connectivity index (χ1v) is 10.6. The van der Waals surface area contributed by atoms with Crippen molar-refractivity contribution in [2.24, 2.45) is 0 Å². The van der Waals surface area contributed by atoms with Crippen molar-refractivity contribution in [2.75, 3.05) is 31.1 Å². The molecule has 29 heavy (non-hydrogen) atoms.